The standard InChI is InChI=1S/C25H29N3O4/c1-17-21(18(2)32-27-17)16-31-23-11-10-19(14-24(23)30-3)25(29)26-15-20-8-4-5-9-22(20)28-12-6-7-13-28/h4-5,8-11,14H,6-7,12-13,15-16H2,1-3H3,(H,26,29). The van der Waals surface area contributed by atoms with Crippen LogP contribution in [0.3, 0.4) is 0 Å². The van der Waals surface area contributed by atoms with E-state index in [1.54, 1.807) is 25.3 Å². The summed E-state index contributed by atoms with van der Waals surface area (Å²) >= 11 is 0. The Morgan fingerprint density at radius 2 is 1.91 bits per heavy atom. The molecule has 0 unspecified atom stereocenters. The number of hydrogen-bond donors (Lipinski definition) is 1. The smallest absolute Gasteiger partial charge is 0.251 e. The Hall–Kier alpha value is -3.48. The Balaban J connectivity index is 1.42. The SMILES string of the molecule is COc1cc(C(=O)NCc2ccccc2N2CCCC2)ccc1OCc1c(C)noc1C. The minimum Gasteiger partial charge on any atom is -0.493 e. The number of hydrogen-bond acceptors (Lipinski definition) is 6. The molecule has 7 heteroatoms. The number of carbonyl (C=O) groups excluding carboxylic acids is 1. The fourth-order valence-corrected chi connectivity index (χ4v) is 3.99. The van der Waals surface area contributed by atoms with Gasteiger partial charge in [0.2, 0.25) is 0 Å². The Bertz CT molecular complexity index is 1070. The zero-order valence-corrected chi connectivity index (χ0v) is 18.8. The van der Waals surface area contributed by atoms with Crippen LogP contribution in [0.2, 0.25) is 0 Å². The number of nitrogens with one attached hydrogen (secondary N) is 1. The van der Waals surface area contributed by atoms with Crippen LogP contribution in [0.15, 0.2) is 47.0 Å². The summed E-state index contributed by atoms with van der Waals surface area (Å²) in [7, 11) is 1.56. The third-order valence-corrected chi connectivity index (χ3v) is 5.86. The van der Waals surface area contributed by atoms with Gasteiger partial charge in [-0.05, 0) is 56.5 Å². The minimum absolute atomic E-state index is 0.156. The van der Waals surface area contributed by atoms with Crippen LogP contribution in [0.25, 0.3) is 0 Å². The number of anilines is 1. The summed E-state index contributed by atoms with van der Waals surface area (Å²) in [5.41, 5.74) is 4.54. The molecule has 168 valence electrons. The van der Waals surface area contributed by atoms with Gasteiger partial charge in [-0.3, -0.25) is 4.79 Å². The molecule has 4 rings (SSSR count). The molecule has 2 heterocycles. The summed E-state index contributed by atoms with van der Waals surface area (Å²) in [6.07, 6.45) is 2.43. The lowest BCUT2D eigenvalue weighted by molar-refractivity contribution is 0.0950. The molecule has 2 aromatic carbocycles. The number of benzene rings is 2. The summed E-state index contributed by atoms with van der Waals surface area (Å²) < 4.78 is 16.6. The second-order valence-electron chi connectivity index (χ2n) is 7.96. The molecule has 1 N–H and O–H groups in total. The predicted molar refractivity (Wildman–Crippen MR) is 122 cm³/mol. The summed E-state index contributed by atoms with van der Waals surface area (Å²) in [4.78, 5) is 15.2. The zero-order valence-electron chi connectivity index (χ0n) is 18.8. The summed E-state index contributed by atoms with van der Waals surface area (Å²) in [6.45, 7) is 6.65. The van der Waals surface area contributed by atoms with Crippen LogP contribution in [0.4, 0.5) is 5.69 Å². The van der Waals surface area contributed by atoms with Gasteiger partial charge in [0.15, 0.2) is 11.5 Å². The molecule has 0 spiro atoms. The third-order valence-electron chi connectivity index (χ3n) is 5.86. The molecule has 1 amide bonds. The highest BCUT2D eigenvalue weighted by atomic mass is 16.5. The van der Waals surface area contributed by atoms with Gasteiger partial charge < -0.3 is 24.2 Å². The molecule has 0 saturated carbocycles. The topological polar surface area (TPSA) is 76.8 Å². The number of para-hydroxylation sites is 1. The van der Waals surface area contributed by atoms with Gasteiger partial charge in [0.1, 0.15) is 12.4 Å². The van der Waals surface area contributed by atoms with E-state index >= 15 is 0 Å². The minimum atomic E-state index is -0.156. The van der Waals surface area contributed by atoms with Gasteiger partial charge in [-0.25, -0.2) is 0 Å². The van der Waals surface area contributed by atoms with Crippen molar-refractivity contribution in [2.75, 3.05) is 25.1 Å². The van der Waals surface area contributed by atoms with Crippen LogP contribution in [0.5, 0.6) is 11.5 Å². The van der Waals surface area contributed by atoms with Gasteiger partial charge in [0.25, 0.3) is 5.91 Å². The van der Waals surface area contributed by atoms with E-state index in [1.165, 1.54) is 18.5 Å². The van der Waals surface area contributed by atoms with E-state index < -0.39 is 0 Å². The van der Waals surface area contributed by atoms with Gasteiger partial charge in [-0.2, -0.15) is 0 Å². The van der Waals surface area contributed by atoms with Crippen LogP contribution in [-0.2, 0) is 13.2 Å². The van der Waals surface area contributed by atoms with Gasteiger partial charge in [0, 0.05) is 30.9 Å². The van der Waals surface area contributed by atoms with E-state index in [1.807, 2.05) is 26.0 Å². The van der Waals surface area contributed by atoms with E-state index in [0.29, 0.717) is 30.2 Å². The number of aromatic nitrogens is 1. The number of rotatable bonds is 8. The van der Waals surface area contributed by atoms with Gasteiger partial charge in [-0.15, -0.1) is 0 Å². The number of carbonyl (C=O) groups is 1. The van der Waals surface area contributed by atoms with Crippen molar-refractivity contribution in [1.82, 2.24) is 10.5 Å². The van der Waals surface area contributed by atoms with Gasteiger partial charge in [-0.1, -0.05) is 23.4 Å². The van der Waals surface area contributed by atoms with Crippen molar-refractivity contribution in [2.24, 2.45) is 0 Å². The highest BCUT2D eigenvalue weighted by Gasteiger charge is 2.17. The van der Waals surface area contributed by atoms with Crippen molar-refractivity contribution in [3.8, 4) is 11.5 Å². The Kier molecular flexibility index (Phi) is 6.63. The second kappa shape index (κ2) is 9.77. The lowest BCUT2D eigenvalue weighted by Crippen LogP contribution is -2.25. The fraction of sp³-hybridized carbons (Fsp3) is 0.360. The van der Waals surface area contributed by atoms with Crippen molar-refractivity contribution >= 4 is 11.6 Å². The molecule has 7 nitrogen and oxygen atoms in total. The van der Waals surface area contributed by atoms with Crippen LogP contribution in [0, 0.1) is 13.8 Å². The van der Waals surface area contributed by atoms with Crippen molar-refractivity contribution in [1.29, 1.82) is 0 Å². The molecule has 0 radical (unpaired) electrons. The number of aryl methyl sites for hydroxylation is 2. The second-order valence-corrected chi connectivity index (χ2v) is 7.96. The Labute approximate surface area is 188 Å². The molecular formula is C25H29N3O4. The first kappa shape index (κ1) is 21.7. The van der Waals surface area contributed by atoms with E-state index in [2.05, 4.69) is 27.5 Å². The monoisotopic (exact) mass is 435 g/mol. The Morgan fingerprint density at radius 1 is 1.12 bits per heavy atom. The molecule has 0 atom stereocenters. The molecular weight excluding hydrogens is 406 g/mol. The average Bonchev–Trinajstić information content (AvgIpc) is 3.46. The van der Waals surface area contributed by atoms with Crippen LogP contribution in [0.1, 0.15) is 45.8 Å². The summed E-state index contributed by atoms with van der Waals surface area (Å²) in [5.74, 6) is 1.63. The normalized spacial score (nSPS) is 13.3. The molecule has 1 saturated heterocycles. The number of nitrogens with zero attached hydrogens (tertiary/aromatic N) is 2. The molecule has 1 aliphatic heterocycles. The first-order valence-corrected chi connectivity index (χ1v) is 10.9. The van der Waals surface area contributed by atoms with Crippen molar-refractivity contribution in [3.63, 3.8) is 0 Å². The van der Waals surface area contributed by atoms with Crippen molar-refractivity contribution in [3.05, 3.63) is 70.6 Å². The lowest BCUT2D eigenvalue weighted by Gasteiger charge is -2.21. The highest BCUT2D eigenvalue weighted by molar-refractivity contribution is 5.95. The van der Waals surface area contributed by atoms with Crippen LogP contribution in [-0.4, -0.2) is 31.3 Å². The van der Waals surface area contributed by atoms with Crippen LogP contribution < -0.4 is 19.7 Å². The Morgan fingerprint density at radius 3 is 2.62 bits per heavy atom. The molecule has 1 fully saturated rings. The van der Waals surface area contributed by atoms with E-state index in [4.69, 9.17) is 14.0 Å². The van der Waals surface area contributed by atoms with Crippen LogP contribution >= 0.6 is 0 Å². The van der Waals surface area contributed by atoms with E-state index in [9.17, 15) is 4.79 Å². The average molecular weight is 436 g/mol. The molecule has 3 aromatic rings. The van der Waals surface area contributed by atoms with Gasteiger partial charge in [0.05, 0.1) is 18.4 Å². The predicted octanol–water partition coefficient (Wildman–Crippen LogP) is 4.41. The van der Waals surface area contributed by atoms with Gasteiger partial charge >= 0.3 is 0 Å². The van der Waals surface area contributed by atoms with Crippen molar-refractivity contribution in [2.45, 2.75) is 39.8 Å². The molecule has 0 bridgehead atoms. The maximum atomic E-state index is 12.8. The number of methoxy groups -OCH3 is 1. The maximum absolute atomic E-state index is 12.8. The molecule has 1 aliphatic rings. The van der Waals surface area contributed by atoms with E-state index in [-0.39, 0.29) is 5.91 Å². The van der Waals surface area contributed by atoms with E-state index in [0.717, 1.165) is 35.7 Å². The lowest BCUT2D eigenvalue weighted by atomic mass is 10.1. The molecule has 1 aromatic heterocycles. The summed E-state index contributed by atoms with van der Waals surface area (Å²) in [5, 5.41) is 6.98. The zero-order chi connectivity index (χ0) is 22.5. The van der Waals surface area contributed by atoms with Crippen molar-refractivity contribution < 1.29 is 18.8 Å². The highest BCUT2D eigenvalue weighted by Crippen LogP contribution is 2.30. The fourth-order valence-electron chi connectivity index (χ4n) is 3.99. The largest absolute Gasteiger partial charge is 0.493 e. The third kappa shape index (κ3) is 4.72. The first-order chi connectivity index (χ1) is 15.6. The maximum Gasteiger partial charge on any atom is 0.251 e. The quantitative estimate of drug-likeness (QED) is 0.565. The number of amides is 1. The summed E-state index contributed by atoms with van der Waals surface area (Å²) in [6, 6.07) is 13.4. The number of ether oxygens (including phenoxy) is 2. The first-order valence-electron chi connectivity index (χ1n) is 10.9. The molecule has 32 heavy (non-hydrogen) atoms. The molecule has 0 aliphatic carbocycles.